The maximum Gasteiger partial charge on any atom is 0.330 e. The summed E-state index contributed by atoms with van der Waals surface area (Å²) in [6.45, 7) is 1.48. The summed E-state index contributed by atoms with van der Waals surface area (Å²) >= 11 is 0. The lowest BCUT2D eigenvalue weighted by molar-refractivity contribution is -0.146. The van der Waals surface area contributed by atoms with Gasteiger partial charge in [-0.1, -0.05) is 62.6 Å². The van der Waals surface area contributed by atoms with Crippen molar-refractivity contribution in [2.24, 2.45) is 0 Å². The molecular weight excluding hydrogens is 467 g/mol. The van der Waals surface area contributed by atoms with E-state index in [1.165, 1.54) is 0 Å². The molecule has 3 atom stereocenters. The van der Waals surface area contributed by atoms with Crippen LogP contribution < -0.4 is 11.2 Å². The molecule has 0 saturated carbocycles. The SMILES string of the molecule is CC/C=C/C/C=C/C/C=C/CCCCCCCC(=O)[C@]1(O)C[C@H](n2cc(F)c(=O)[nH]c2=O)O[C@@H]1CO. The van der Waals surface area contributed by atoms with E-state index in [-0.39, 0.29) is 12.8 Å². The zero-order valence-electron chi connectivity index (χ0n) is 21.0. The maximum absolute atomic E-state index is 13.6. The lowest BCUT2D eigenvalue weighted by atomic mass is 9.87. The minimum Gasteiger partial charge on any atom is -0.394 e. The van der Waals surface area contributed by atoms with Gasteiger partial charge in [-0.2, -0.15) is 4.39 Å². The molecule has 0 aliphatic carbocycles. The molecule has 0 radical (unpaired) electrons. The molecule has 2 rings (SSSR count). The van der Waals surface area contributed by atoms with Crippen molar-refractivity contribution in [3.63, 3.8) is 0 Å². The molecule has 1 aliphatic heterocycles. The third kappa shape index (κ3) is 8.80. The van der Waals surface area contributed by atoms with Crippen molar-refractivity contribution < 1.29 is 24.1 Å². The van der Waals surface area contributed by atoms with Gasteiger partial charge in [-0.25, -0.2) is 4.79 Å². The van der Waals surface area contributed by atoms with Crippen LogP contribution in [0.3, 0.4) is 0 Å². The van der Waals surface area contributed by atoms with Crippen molar-refractivity contribution in [2.75, 3.05) is 6.61 Å². The second-order valence-corrected chi connectivity index (χ2v) is 9.06. The van der Waals surface area contributed by atoms with Gasteiger partial charge in [0.15, 0.2) is 11.4 Å². The van der Waals surface area contributed by atoms with Gasteiger partial charge in [0, 0.05) is 12.8 Å². The average Bonchev–Trinajstić information content (AvgIpc) is 3.21. The van der Waals surface area contributed by atoms with Crippen molar-refractivity contribution in [3.8, 4) is 0 Å². The molecule has 0 unspecified atom stereocenters. The van der Waals surface area contributed by atoms with Crippen molar-refractivity contribution in [3.05, 3.63) is 69.3 Å². The zero-order valence-corrected chi connectivity index (χ0v) is 21.0. The Morgan fingerprint density at radius 3 is 2.44 bits per heavy atom. The number of hydrogen-bond acceptors (Lipinski definition) is 6. The molecule has 0 amide bonds. The highest BCUT2D eigenvalue weighted by Gasteiger charge is 2.52. The number of rotatable bonds is 16. The fraction of sp³-hybridized carbons (Fsp3) is 0.593. The molecule has 36 heavy (non-hydrogen) atoms. The quantitative estimate of drug-likeness (QED) is 0.231. The number of hydrogen-bond donors (Lipinski definition) is 3. The number of aliphatic hydroxyl groups is 2. The van der Waals surface area contributed by atoms with Gasteiger partial charge in [-0.3, -0.25) is 19.1 Å². The minimum atomic E-state index is -1.99. The molecule has 0 bridgehead atoms. The number of Topliss-reactive ketones (excluding diaryl/α,β-unsaturated/α-hetero) is 1. The van der Waals surface area contributed by atoms with Crippen LogP contribution in [0.2, 0.25) is 0 Å². The highest BCUT2D eigenvalue weighted by molar-refractivity contribution is 5.88. The molecule has 1 fully saturated rings. The van der Waals surface area contributed by atoms with E-state index >= 15 is 0 Å². The van der Waals surface area contributed by atoms with Crippen LogP contribution in [0.25, 0.3) is 0 Å². The van der Waals surface area contributed by atoms with Crippen LogP contribution in [0.5, 0.6) is 0 Å². The van der Waals surface area contributed by atoms with Crippen LogP contribution in [-0.2, 0) is 9.53 Å². The third-order valence-electron chi connectivity index (χ3n) is 6.28. The standard InChI is InChI=1S/C27H39FN2O6/c1-2-3-4-5-6-7-8-9-10-11-12-13-14-15-16-17-22(32)27(35)18-24(36-23(27)20-31)30-19-21(28)25(33)29-26(30)34/h3-4,6-7,9-10,19,23-24,31,35H,2,5,8,11-18,20H2,1H3,(H,29,33,34)/b4-3+,7-6+,10-9+/t23-,24-,27-/m1/s1. The fourth-order valence-electron chi connectivity index (χ4n) is 4.20. The van der Waals surface area contributed by atoms with E-state index in [0.29, 0.717) is 12.6 Å². The van der Waals surface area contributed by atoms with E-state index in [0.717, 1.165) is 55.9 Å². The number of aromatic amines is 1. The van der Waals surface area contributed by atoms with Crippen LogP contribution in [-0.4, -0.2) is 43.9 Å². The van der Waals surface area contributed by atoms with Crippen LogP contribution in [0, 0.1) is 5.82 Å². The van der Waals surface area contributed by atoms with Crippen molar-refractivity contribution >= 4 is 5.78 Å². The molecule has 8 nitrogen and oxygen atoms in total. The van der Waals surface area contributed by atoms with Crippen molar-refractivity contribution in [1.29, 1.82) is 0 Å². The number of allylic oxidation sites excluding steroid dienone is 6. The van der Waals surface area contributed by atoms with Gasteiger partial charge in [0.05, 0.1) is 12.8 Å². The first-order chi connectivity index (χ1) is 17.3. The van der Waals surface area contributed by atoms with Crippen molar-refractivity contribution in [1.82, 2.24) is 9.55 Å². The largest absolute Gasteiger partial charge is 0.394 e. The van der Waals surface area contributed by atoms with Crippen LogP contribution in [0.15, 0.2) is 52.2 Å². The monoisotopic (exact) mass is 506 g/mol. The van der Waals surface area contributed by atoms with Gasteiger partial charge >= 0.3 is 5.69 Å². The Morgan fingerprint density at radius 1 is 1.11 bits per heavy atom. The highest BCUT2D eigenvalue weighted by Crippen LogP contribution is 2.37. The summed E-state index contributed by atoms with van der Waals surface area (Å²) in [6.07, 6.45) is 19.6. The number of nitrogens with one attached hydrogen (secondary N) is 1. The summed E-state index contributed by atoms with van der Waals surface area (Å²) in [5.41, 5.74) is -4.08. The smallest absolute Gasteiger partial charge is 0.330 e. The summed E-state index contributed by atoms with van der Waals surface area (Å²) in [7, 11) is 0. The van der Waals surface area contributed by atoms with Gasteiger partial charge in [0.2, 0.25) is 5.82 Å². The molecule has 1 aromatic heterocycles. The van der Waals surface area contributed by atoms with E-state index in [9.17, 15) is 29.0 Å². The van der Waals surface area contributed by atoms with Gasteiger partial charge in [0.1, 0.15) is 12.3 Å². The molecule has 0 spiro atoms. The Kier molecular flexibility index (Phi) is 12.7. The topological polar surface area (TPSA) is 122 Å². The van der Waals surface area contributed by atoms with Crippen LogP contribution in [0.4, 0.5) is 4.39 Å². The average molecular weight is 507 g/mol. The van der Waals surface area contributed by atoms with Crippen LogP contribution >= 0.6 is 0 Å². The lowest BCUT2D eigenvalue weighted by Gasteiger charge is -2.25. The number of halogens is 1. The molecule has 3 N–H and O–H groups in total. The minimum absolute atomic E-state index is 0.109. The molecular formula is C27H39FN2O6. The Labute approximate surface area is 211 Å². The third-order valence-corrected chi connectivity index (χ3v) is 6.28. The molecule has 1 saturated heterocycles. The Balaban J connectivity index is 1.69. The maximum atomic E-state index is 13.6. The lowest BCUT2D eigenvalue weighted by Crippen LogP contribution is -2.47. The number of aliphatic hydroxyl groups excluding tert-OH is 1. The van der Waals surface area contributed by atoms with E-state index in [1.807, 2.05) is 4.98 Å². The molecule has 200 valence electrons. The van der Waals surface area contributed by atoms with Crippen LogP contribution in [0.1, 0.15) is 83.8 Å². The highest BCUT2D eigenvalue weighted by atomic mass is 19.1. The summed E-state index contributed by atoms with van der Waals surface area (Å²) in [4.78, 5) is 37.8. The number of carbonyl (C=O) groups excluding carboxylic acids is 1. The number of unbranched alkanes of at least 4 members (excludes halogenated alkanes) is 5. The van der Waals surface area contributed by atoms with E-state index < -0.39 is 47.4 Å². The van der Waals surface area contributed by atoms with E-state index in [1.54, 1.807) is 0 Å². The molecule has 0 aromatic carbocycles. The molecule has 1 aliphatic rings. The number of ketones is 1. The molecule has 9 heteroatoms. The summed E-state index contributed by atoms with van der Waals surface area (Å²) in [5.74, 6) is -1.67. The van der Waals surface area contributed by atoms with Gasteiger partial charge in [0.25, 0.3) is 5.56 Å². The Hall–Kier alpha value is -2.62. The second kappa shape index (κ2) is 15.5. The first-order valence-electron chi connectivity index (χ1n) is 12.8. The Morgan fingerprint density at radius 2 is 1.75 bits per heavy atom. The number of nitrogens with zero attached hydrogens (tertiary/aromatic N) is 1. The molecule has 1 aromatic rings. The van der Waals surface area contributed by atoms with Gasteiger partial charge in [-0.15, -0.1) is 0 Å². The predicted octanol–water partition coefficient (Wildman–Crippen LogP) is 3.85. The fourth-order valence-corrected chi connectivity index (χ4v) is 4.20. The molecule has 2 heterocycles. The normalized spacial score (nSPS) is 22.4. The second-order valence-electron chi connectivity index (χ2n) is 9.06. The van der Waals surface area contributed by atoms with Crippen molar-refractivity contribution in [2.45, 2.75) is 95.5 Å². The number of ether oxygens (including phenoxy) is 1. The predicted molar refractivity (Wildman–Crippen MR) is 136 cm³/mol. The number of aromatic nitrogens is 2. The summed E-state index contributed by atoms with van der Waals surface area (Å²) < 4.78 is 19.9. The van der Waals surface area contributed by atoms with Gasteiger partial charge < -0.3 is 14.9 Å². The first kappa shape index (κ1) is 29.6. The summed E-state index contributed by atoms with van der Waals surface area (Å²) in [5, 5.41) is 20.6. The Bertz CT molecular complexity index is 1030. The first-order valence-corrected chi connectivity index (χ1v) is 12.8. The van der Waals surface area contributed by atoms with E-state index in [4.69, 9.17) is 4.74 Å². The number of carbonyl (C=O) groups is 1. The number of H-pyrrole nitrogens is 1. The zero-order chi connectivity index (χ0) is 26.4. The summed E-state index contributed by atoms with van der Waals surface area (Å²) in [6, 6.07) is 0. The van der Waals surface area contributed by atoms with E-state index in [2.05, 4.69) is 43.4 Å². The van der Waals surface area contributed by atoms with Gasteiger partial charge in [-0.05, 0) is 38.5 Å².